The predicted octanol–water partition coefficient (Wildman–Crippen LogP) is 3.85. The van der Waals surface area contributed by atoms with Gasteiger partial charge in [0.05, 0.1) is 0 Å². The van der Waals surface area contributed by atoms with Gasteiger partial charge in [-0.15, -0.1) is 0 Å². The molecule has 0 heterocycles. The summed E-state index contributed by atoms with van der Waals surface area (Å²) in [6.07, 6.45) is 3.06. The molecular weight excluding hydrogens is 248 g/mol. The lowest BCUT2D eigenvalue weighted by molar-refractivity contribution is -0.149. The largest absolute Gasteiger partial charge is 0.457 e. The average molecular weight is 266 g/mol. The first-order chi connectivity index (χ1) is 9.83. The van der Waals surface area contributed by atoms with E-state index < -0.39 is 0 Å². The lowest BCUT2D eigenvalue weighted by Crippen LogP contribution is -2.10. The van der Waals surface area contributed by atoms with Crippen LogP contribution in [0.15, 0.2) is 54.6 Å². The van der Waals surface area contributed by atoms with Crippen molar-refractivity contribution in [3.05, 3.63) is 71.3 Å². The second-order valence-electron chi connectivity index (χ2n) is 5.20. The van der Waals surface area contributed by atoms with Gasteiger partial charge < -0.3 is 4.74 Å². The fraction of sp³-hybridized carbons (Fsp3) is 0.278. The van der Waals surface area contributed by atoms with E-state index in [0.717, 1.165) is 19.3 Å². The monoisotopic (exact) mass is 266 g/mol. The second-order valence-corrected chi connectivity index (χ2v) is 5.20. The molecule has 2 nitrogen and oxygen atoms in total. The smallest absolute Gasteiger partial charge is 0.306 e. The third kappa shape index (κ3) is 2.90. The molecule has 1 unspecified atom stereocenters. The highest BCUT2D eigenvalue weighted by Gasteiger charge is 2.24. The molecule has 0 saturated heterocycles. The average Bonchev–Trinajstić information content (AvgIpc) is 2.90. The van der Waals surface area contributed by atoms with Gasteiger partial charge in [-0.3, -0.25) is 4.79 Å². The molecule has 102 valence electrons. The Morgan fingerprint density at radius 2 is 1.80 bits per heavy atom. The summed E-state index contributed by atoms with van der Waals surface area (Å²) in [6, 6.07) is 18.3. The van der Waals surface area contributed by atoms with Gasteiger partial charge in [-0.25, -0.2) is 0 Å². The minimum Gasteiger partial charge on any atom is -0.457 e. The number of hydrogen-bond donors (Lipinski definition) is 0. The summed E-state index contributed by atoms with van der Waals surface area (Å²) < 4.78 is 5.62. The maximum Gasteiger partial charge on any atom is 0.306 e. The van der Waals surface area contributed by atoms with Crippen LogP contribution in [0.5, 0.6) is 0 Å². The molecule has 2 heteroatoms. The highest BCUT2D eigenvalue weighted by Crippen LogP contribution is 2.33. The van der Waals surface area contributed by atoms with Crippen molar-refractivity contribution in [2.24, 2.45) is 0 Å². The lowest BCUT2D eigenvalue weighted by atomic mass is 10.1. The summed E-state index contributed by atoms with van der Waals surface area (Å²) in [5.74, 6) is -0.101. The van der Waals surface area contributed by atoms with Gasteiger partial charge in [-0.1, -0.05) is 54.6 Å². The summed E-state index contributed by atoms with van der Waals surface area (Å²) in [5, 5.41) is 0. The van der Waals surface area contributed by atoms with Crippen LogP contribution in [-0.4, -0.2) is 5.97 Å². The second kappa shape index (κ2) is 5.91. The maximum absolute atomic E-state index is 12.0. The molecule has 0 radical (unpaired) electrons. The number of esters is 1. The summed E-state index contributed by atoms with van der Waals surface area (Å²) in [4.78, 5) is 12.0. The van der Waals surface area contributed by atoms with Gasteiger partial charge in [-0.2, -0.15) is 0 Å². The molecule has 2 aromatic rings. The highest BCUT2D eigenvalue weighted by molar-refractivity contribution is 5.70. The number of hydrogen-bond acceptors (Lipinski definition) is 2. The van der Waals surface area contributed by atoms with Crippen LogP contribution >= 0.6 is 0 Å². The molecule has 2 aromatic carbocycles. The van der Waals surface area contributed by atoms with E-state index in [1.807, 2.05) is 42.5 Å². The predicted molar refractivity (Wildman–Crippen MR) is 78.4 cm³/mol. The number of carbonyl (C=O) groups excluding carboxylic acids is 1. The first-order valence-corrected chi connectivity index (χ1v) is 7.14. The summed E-state index contributed by atoms with van der Waals surface area (Å²) in [7, 11) is 0. The van der Waals surface area contributed by atoms with Crippen molar-refractivity contribution in [1.82, 2.24) is 0 Å². The van der Waals surface area contributed by atoms with Gasteiger partial charge in [0, 0.05) is 6.42 Å². The van der Waals surface area contributed by atoms with Crippen LogP contribution in [0, 0.1) is 0 Å². The molecule has 0 spiro atoms. The topological polar surface area (TPSA) is 26.3 Å². The number of ether oxygens (including phenoxy) is 1. The zero-order chi connectivity index (χ0) is 13.8. The Kier molecular flexibility index (Phi) is 3.82. The minimum atomic E-state index is -0.101. The highest BCUT2D eigenvalue weighted by atomic mass is 16.5. The molecule has 1 aliphatic carbocycles. The zero-order valence-corrected chi connectivity index (χ0v) is 11.4. The molecule has 0 amide bonds. The SMILES string of the molecule is O=C(CCc1ccccc1)OC1CCc2ccccc21. The standard InChI is InChI=1S/C18H18O2/c19-18(13-10-14-6-2-1-3-7-14)20-17-12-11-15-8-4-5-9-16(15)17/h1-9,17H,10-13H2. The van der Waals surface area contributed by atoms with Crippen molar-refractivity contribution in [3.8, 4) is 0 Å². The van der Waals surface area contributed by atoms with Crippen LogP contribution in [0.1, 0.15) is 35.6 Å². The molecule has 0 saturated carbocycles. The van der Waals surface area contributed by atoms with Gasteiger partial charge in [0.1, 0.15) is 6.10 Å². The third-order valence-corrected chi connectivity index (χ3v) is 3.81. The molecule has 1 aliphatic rings. The normalized spacial score (nSPS) is 16.7. The van der Waals surface area contributed by atoms with Gasteiger partial charge in [0.15, 0.2) is 0 Å². The Morgan fingerprint density at radius 1 is 1.05 bits per heavy atom. The van der Waals surface area contributed by atoms with E-state index in [2.05, 4.69) is 12.1 Å². The Balaban J connectivity index is 1.55. The number of aryl methyl sites for hydroxylation is 2. The van der Waals surface area contributed by atoms with E-state index in [9.17, 15) is 4.79 Å². The van der Waals surface area contributed by atoms with E-state index in [-0.39, 0.29) is 12.1 Å². The molecule has 3 rings (SSSR count). The Hall–Kier alpha value is -2.09. The van der Waals surface area contributed by atoms with E-state index in [1.165, 1.54) is 16.7 Å². The fourth-order valence-electron chi connectivity index (χ4n) is 2.75. The van der Waals surface area contributed by atoms with Crippen molar-refractivity contribution in [2.75, 3.05) is 0 Å². The molecule has 20 heavy (non-hydrogen) atoms. The summed E-state index contributed by atoms with van der Waals surface area (Å²) in [6.45, 7) is 0. The third-order valence-electron chi connectivity index (χ3n) is 3.81. The Morgan fingerprint density at radius 3 is 2.65 bits per heavy atom. The fourth-order valence-corrected chi connectivity index (χ4v) is 2.75. The quantitative estimate of drug-likeness (QED) is 0.786. The van der Waals surface area contributed by atoms with Gasteiger partial charge in [0.2, 0.25) is 0 Å². The summed E-state index contributed by atoms with van der Waals surface area (Å²) >= 11 is 0. The Bertz CT molecular complexity index is 589. The zero-order valence-electron chi connectivity index (χ0n) is 11.4. The number of benzene rings is 2. The van der Waals surface area contributed by atoms with Crippen LogP contribution in [0.3, 0.4) is 0 Å². The van der Waals surface area contributed by atoms with Crippen molar-refractivity contribution in [1.29, 1.82) is 0 Å². The molecule has 0 fully saturated rings. The molecule has 0 N–H and O–H groups in total. The van der Waals surface area contributed by atoms with Crippen molar-refractivity contribution in [3.63, 3.8) is 0 Å². The van der Waals surface area contributed by atoms with Gasteiger partial charge in [-0.05, 0) is 36.0 Å². The number of fused-ring (bicyclic) bond motifs is 1. The minimum absolute atomic E-state index is 0.0468. The van der Waals surface area contributed by atoms with E-state index in [0.29, 0.717) is 6.42 Å². The first kappa shape index (κ1) is 12.9. The van der Waals surface area contributed by atoms with Crippen LogP contribution in [0.2, 0.25) is 0 Å². The lowest BCUT2D eigenvalue weighted by Gasteiger charge is -2.13. The van der Waals surface area contributed by atoms with E-state index >= 15 is 0 Å². The van der Waals surface area contributed by atoms with Crippen LogP contribution in [-0.2, 0) is 22.4 Å². The van der Waals surface area contributed by atoms with Crippen LogP contribution < -0.4 is 0 Å². The van der Waals surface area contributed by atoms with Gasteiger partial charge in [0.25, 0.3) is 0 Å². The number of rotatable bonds is 4. The van der Waals surface area contributed by atoms with Crippen molar-refractivity contribution >= 4 is 5.97 Å². The van der Waals surface area contributed by atoms with Gasteiger partial charge >= 0.3 is 5.97 Å². The first-order valence-electron chi connectivity index (χ1n) is 7.14. The van der Waals surface area contributed by atoms with Crippen molar-refractivity contribution < 1.29 is 9.53 Å². The molecule has 0 aromatic heterocycles. The maximum atomic E-state index is 12.0. The molecule has 0 bridgehead atoms. The molecule has 1 atom stereocenters. The summed E-state index contributed by atoms with van der Waals surface area (Å²) in [5.41, 5.74) is 3.67. The van der Waals surface area contributed by atoms with Crippen molar-refractivity contribution in [2.45, 2.75) is 31.8 Å². The Labute approximate surface area is 119 Å². The number of carbonyl (C=O) groups is 1. The van der Waals surface area contributed by atoms with E-state index in [4.69, 9.17) is 4.74 Å². The molecule has 0 aliphatic heterocycles. The van der Waals surface area contributed by atoms with Crippen LogP contribution in [0.4, 0.5) is 0 Å². The molecular formula is C18H18O2. The van der Waals surface area contributed by atoms with Crippen LogP contribution in [0.25, 0.3) is 0 Å². The van der Waals surface area contributed by atoms with E-state index in [1.54, 1.807) is 0 Å².